The van der Waals surface area contributed by atoms with Crippen LogP contribution in [0.4, 0.5) is 0 Å². The third-order valence-electron chi connectivity index (χ3n) is 4.90. The zero-order valence-electron chi connectivity index (χ0n) is 16.1. The summed E-state index contributed by atoms with van der Waals surface area (Å²) in [4.78, 5) is 12.0. The molecule has 0 aromatic heterocycles. The number of benzene rings is 2. The number of carbonyl (C=O) groups is 1. The highest BCUT2D eigenvalue weighted by molar-refractivity contribution is 5.81. The first-order valence-electron chi connectivity index (χ1n) is 9.38. The lowest BCUT2D eigenvalue weighted by molar-refractivity contribution is -0.143. The van der Waals surface area contributed by atoms with Crippen molar-refractivity contribution in [3.05, 3.63) is 84.4 Å². The fraction of sp³-hybridized carbons (Fsp3) is 0.333. The fourth-order valence-corrected chi connectivity index (χ4v) is 3.55. The van der Waals surface area contributed by atoms with Gasteiger partial charge in [0, 0.05) is 6.08 Å². The van der Waals surface area contributed by atoms with Crippen LogP contribution in [0.2, 0.25) is 0 Å². The Morgan fingerprint density at radius 2 is 1.63 bits per heavy atom. The third-order valence-corrected chi connectivity index (χ3v) is 4.90. The molecule has 140 valence electrons. The van der Waals surface area contributed by atoms with Gasteiger partial charge in [-0.3, -0.25) is 0 Å². The van der Waals surface area contributed by atoms with E-state index in [1.165, 1.54) is 0 Å². The molecule has 1 unspecified atom stereocenters. The number of esters is 1. The summed E-state index contributed by atoms with van der Waals surface area (Å²) in [6.45, 7) is 7.85. The molecule has 2 aromatic carbocycles. The lowest BCUT2D eigenvalue weighted by atomic mass is 9.67. The van der Waals surface area contributed by atoms with Crippen molar-refractivity contribution in [2.24, 2.45) is 5.92 Å². The molecule has 3 nitrogen and oxygen atoms in total. The molecular formula is C24H27NO2. The minimum Gasteiger partial charge on any atom is -0.442 e. The van der Waals surface area contributed by atoms with Crippen LogP contribution in [0.5, 0.6) is 0 Å². The van der Waals surface area contributed by atoms with E-state index in [4.69, 9.17) is 4.74 Å². The lowest BCUT2D eigenvalue weighted by Gasteiger charge is -2.38. The molecule has 0 bridgehead atoms. The highest BCUT2D eigenvalue weighted by Gasteiger charge is 2.44. The molecule has 0 aliphatic heterocycles. The van der Waals surface area contributed by atoms with Crippen molar-refractivity contribution in [2.45, 2.75) is 44.6 Å². The second-order valence-corrected chi connectivity index (χ2v) is 7.14. The van der Waals surface area contributed by atoms with Crippen LogP contribution in [-0.4, -0.2) is 12.1 Å². The average Bonchev–Trinajstić information content (AvgIpc) is 2.70. The standard InChI is InChI=1S/C24H27NO2/c1-4-23(26)27-22(18-25)24(17-11-12-19(2)3,20-13-7-5-8-14-20)21-15-9-6-10-16-21/h4-10,13-16,19,22H,1,11-12,17H2,2-3H3. The van der Waals surface area contributed by atoms with Crippen molar-refractivity contribution in [1.29, 1.82) is 5.26 Å². The van der Waals surface area contributed by atoms with E-state index in [1.54, 1.807) is 0 Å². The van der Waals surface area contributed by atoms with Gasteiger partial charge in [0.05, 0.1) is 5.41 Å². The molecular weight excluding hydrogens is 334 g/mol. The van der Waals surface area contributed by atoms with Gasteiger partial charge in [-0.15, -0.1) is 0 Å². The number of nitrogens with zero attached hydrogens (tertiary/aromatic N) is 1. The molecule has 1 atom stereocenters. The Labute approximate surface area is 162 Å². The van der Waals surface area contributed by atoms with Crippen LogP contribution in [0.1, 0.15) is 44.2 Å². The summed E-state index contributed by atoms with van der Waals surface area (Å²) in [5.74, 6) is -0.0212. The number of hydrogen-bond donors (Lipinski definition) is 0. The topological polar surface area (TPSA) is 50.1 Å². The molecule has 3 heteroatoms. The van der Waals surface area contributed by atoms with E-state index in [2.05, 4.69) is 26.5 Å². The number of ether oxygens (including phenoxy) is 1. The first-order chi connectivity index (χ1) is 13.0. The summed E-state index contributed by atoms with van der Waals surface area (Å²) in [5.41, 5.74) is 1.22. The van der Waals surface area contributed by atoms with Crippen LogP contribution >= 0.6 is 0 Å². The zero-order chi connectivity index (χ0) is 19.7. The summed E-state index contributed by atoms with van der Waals surface area (Å²) < 4.78 is 5.56. The number of carbonyl (C=O) groups excluding carboxylic acids is 1. The summed E-state index contributed by atoms with van der Waals surface area (Å²) in [6, 6.07) is 22.0. The molecule has 0 N–H and O–H groups in total. The molecule has 0 aliphatic carbocycles. The summed E-state index contributed by atoms with van der Waals surface area (Å²) >= 11 is 0. The minimum absolute atomic E-state index is 0.561. The maximum Gasteiger partial charge on any atom is 0.331 e. The van der Waals surface area contributed by atoms with Gasteiger partial charge in [0.15, 0.2) is 0 Å². The van der Waals surface area contributed by atoms with E-state index < -0.39 is 17.5 Å². The molecule has 0 saturated carbocycles. The molecule has 0 saturated heterocycles. The number of rotatable bonds is 9. The predicted octanol–water partition coefficient (Wildman–Crippen LogP) is 5.42. The highest BCUT2D eigenvalue weighted by atomic mass is 16.5. The number of hydrogen-bond acceptors (Lipinski definition) is 3. The Kier molecular flexibility index (Phi) is 7.37. The number of nitriles is 1. The Morgan fingerprint density at radius 1 is 1.11 bits per heavy atom. The van der Waals surface area contributed by atoms with Crippen LogP contribution in [-0.2, 0) is 14.9 Å². The molecule has 0 amide bonds. The van der Waals surface area contributed by atoms with Crippen molar-refractivity contribution in [3.63, 3.8) is 0 Å². The van der Waals surface area contributed by atoms with E-state index in [0.717, 1.165) is 30.0 Å². The lowest BCUT2D eigenvalue weighted by Crippen LogP contribution is -2.43. The molecule has 27 heavy (non-hydrogen) atoms. The highest BCUT2D eigenvalue weighted by Crippen LogP contribution is 2.42. The van der Waals surface area contributed by atoms with Gasteiger partial charge >= 0.3 is 5.97 Å². The zero-order valence-corrected chi connectivity index (χ0v) is 16.1. The van der Waals surface area contributed by atoms with Crippen LogP contribution in [0.25, 0.3) is 0 Å². The van der Waals surface area contributed by atoms with Crippen LogP contribution in [0.15, 0.2) is 73.3 Å². The van der Waals surface area contributed by atoms with E-state index >= 15 is 0 Å². The fourth-order valence-electron chi connectivity index (χ4n) is 3.55. The smallest absolute Gasteiger partial charge is 0.331 e. The quantitative estimate of drug-likeness (QED) is 0.442. The molecule has 0 heterocycles. The SMILES string of the molecule is C=CC(=O)OC(C#N)C(CCCC(C)C)(c1ccccc1)c1ccccc1. The maximum absolute atomic E-state index is 12.0. The second-order valence-electron chi connectivity index (χ2n) is 7.14. The Hall–Kier alpha value is -2.86. The molecule has 2 rings (SSSR count). The van der Waals surface area contributed by atoms with E-state index in [0.29, 0.717) is 12.3 Å². The van der Waals surface area contributed by atoms with Crippen LogP contribution in [0.3, 0.4) is 0 Å². The summed E-state index contributed by atoms with van der Waals surface area (Å²) in [7, 11) is 0. The van der Waals surface area contributed by atoms with Gasteiger partial charge < -0.3 is 4.74 Å². The van der Waals surface area contributed by atoms with Gasteiger partial charge in [-0.2, -0.15) is 5.26 Å². The van der Waals surface area contributed by atoms with Crippen molar-refractivity contribution < 1.29 is 9.53 Å². The Morgan fingerprint density at radius 3 is 2.04 bits per heavy atom. The summed E-state index contributed by atoms with van der Waals surface area (Å²) in [5, 5.41) is 9.98. The second kappa shape index (κ2) is 9.73. The van der Waals surface area contributed by atoms with Crippen molar-refractivity contribution >= 4 is 5.97 Å². The van der Waals surface area contributed by atoms with E-state index in [1.807, 2.05) is 60.7 Å². The monoisotopic (exact) mass is 361 g/mol. The van der Waals surface area contributed by atoms with Gasteiger partial charge in [0.2, 0.25) is 6.10 Å². The van der Waals surface area contributed by atoms with Gasteiger partial charge in [-0.25, -0.2) is 4.79 Å². The first kappa shape index (κ1) is 20.5. The van der Waals surface area contributed by atoms with Gasteiger partial charge in [0.1, 0.15) is 6.07 Å². The molecule has 0 radical (unpaired) electrons. The Bertz CT molecular complexity index is 736. The van der Waals surface area contributed by atoms with E-state index in [9.17, 15) is 10.1 Å². The maximum atomic E-state index is 12.0. The van der Waals surface area contributed by atoms with Gasteiger partial charge in [-0.1, -0.05) is 93.9 Å². The van der Waals surface area contributed by atoms with Crippen molar-refractivity contribution in [1.82, 2.24) is 0 Å². The minimum atomic E-state index is -0.944. The van der Waals surface area contributed by atoms with Gasteiger partial charge in [0.25, 0.3) is 0 Å². The molecule has 2 aromatic rings. The predicted molar refractivity (Wildman–Crippen MR) is 108 cm³/mol. The largest absolute Gasteiger partial charge is 0.442 e. The van der Waals surface area contributed by atoms with Crippen molar-refractivity contribution in [2.75, 3.05) is 0 Å². The van der Waals surface area contributed by atoms with Crippen molar-refractivity contribution in [3.8, 4) is 6.07 Å². The van der Waals surface area contributed by atoms with Gasteiger partial charge in [-0.05, 0) is 23.5 Å². The summed E-state index contributed by atoms with van der Waals surface area (Å²) in [6.07, 6.45) is 2.83. The molecule has 0 fully saturated rings. The normalized spacial score (nSPS) is 12.2. The van der Waals surface area contributed by atoms with Crippen LogP contribution in [0, 0.1) is 17.2 Å². The Balaban J connectivity index is 2.63. The first-order valence-corrected chi connectivity index (χ1v) is 9.38. The van der Waals surface area contributed by atoms with Crippen LogP contribution < -0.4 is 0 Å². The third kappa shape index (κ3) is 4.86. The molecule has 0 aliphatic rings. The molecule has 0 spiro atoms. The average molecular weight is 361 g/mol. The van der Waals surface area contributed by atoms with E-state index in [-0.39, 0.29) is 0 Å².